The average Bonchev–Trinajstić information content (AvgIpc) is 2.47. The molecule has 19 heavy (non-hydrogen) atoms. The molecule has 0 radical (unpaired) electrons. The molecule has 1 aromatic carbocycles. The topological polar surface area (TPSA) is 70.3 Å². The number of nitrogens with two attached hydrogens (primary N) is 1. The molecule has 0 unspecified atom stereocenters. The Kier molecular flexibility index (Phi) is 4.30. The quantitative estimate of drug-likeness (QED) is 0.882. The van der Waals surface area contributed by atoms with Crippen molar-refractivity contribution in [3.05, 3.63) is 47.4 Å². The SMILES string of the molecule is COc1cc(Cc2ccccc2OC)nc(CN)n1. The fraction of sp³-hybridized carbons (Fsp3) is 0.286. The summed E-state index contributed by atoms with van der Waals surface area (Å²) in [5.74, 6) is 1.94. The van der Waals surface area contributed by atoms with E-state index in [0.29, 0.717) is 18.1 Å². The molecule has 0 saturated heterocycles. The molecular formula is C14H17N3O2. The number of methoxy groups -OCH3 is 2. The van der Waals surface area contributed by atoms with E-state index >= 15 is 0 Å². The van der Waals surface area contributed by atoms with E-state index in [4.69, 9.17) is 15.2 Å². The van der Waals surface area contributed by atoms with Gasteiger partial charge in [0.1, 0.15) is 11.6 Å². The second kappa shape index (κ2) is 6.15. The fourth-order valence-corrected chi connectivity index (χ4v) is 1.86. The highest BCUT2D eigenvalue weighted by atomic mass is 16.5. The van der Waals surface area contributed by atoms with Crippen LogP contribution in [0.25, 0.3) is 0 Å². The molecule has 1 heterocycles. The van der Waals surface area contributed by atoms with Crippen molar-refractivity contribution in [3.8, 4) is 11.6 Å². The van der Waals surface area contributed by atoms with E-state index in [-0.39, 0.29) is 6.54 Å². The summed E-state index contributed by atoms with van der Waals surface area (Å²) in [7, 11) is 3.24. The monoisotopic (exact) mass is 259 g/mol. The fourth-order valence-electron chi connectivity index (χ4n) is 1.86. The van der Waals surface area contributed by atoms with Crippen molar-refractivity contribution < 1.29 is 9.47 Å². The van der Waals surface area contributed by atoms with Crippen molar-refractivity contribution in [3.63, 3.8) is 0 Å². The summed E-state index contributed by atoms with van der Waals surface area (Å²) in [5, 5.41) is 0. The van der Waals surface area contributed by atoms with Crippen LogP contribution in [-0.2, 0) is 13.0 Å². The van der Waals surface area contributed by atoms with E-state index in [1.54, 1.807) is 14.2 Å². The van der Waals surface area contributed by atoms with Gasteiger partial charge in [0.05, 0.1) is 26.5 Å². The molecule has 2 rings (SSSR count). The van der Waals surface area contributed by atoms with Crippen molar-refractivity contribution in [1.29, 1.82) is 0 Å². The summed E-state index contributed by atoms with van der Waals surface area (Å²) >= 11 is 0. The average molecular weight is 259 g/mol. The molecule has 0 fully saturated rings. The second-order valence-electron chi connectivity index (χ2n) is 4.01. The van der Waals surface area contributed by atoms with Gasteiger partial charge >= 0.3 is 0 Å². The van der Waals surface area contributed by atoms with Gasteiger partial charge in [-0.3, -0.25) is 0 Å². The Morgan fingerprint density at radius 3 is 2.58 bits per heavy atom. The van der Waals surface area contributed by atoms with Gasteiger partial charge in [-0.2, -0.15) is 4.98 Å². The molecule has 0 bridgehead atoms. The Morgan fingerprint density at radius 2 is 1.89 bits per heavy atom. The Labute approximate surface area is 112 Å². The lowest BCUT2D eigenvalue weighted by Crippen LogP contribution is -2.07. The van der Waals surface area contributed by atoms with Crippen LogP contribution in [-0.4, -0.2) is 24.2 Å². The third-order valence-electron chi connectivity index (χ3n) is 2.76. The second-order valence-corrected chi connectivity index (χ2v) is 4.01. The summed E-state index contributed by atoms with van der Waals surface area (Å²) in [6.45, 7) is 0.288. The van der Waals surface area contributed by atoms with Crippen LogP contribution in [0.5, 0.6) is 11.6 Å². The molecule has 5 nitrogen and oxygen atoms in total. The summed E-state index contributed by atoms with van der Waals surface area (Å²) in [6, 6.07) is 9.66. The molecule has 1 aromatic heterocycles. The van der Waals surface area contributed by atoms with E-state index < -0.39 is 0 Å². The number of benzene rings is 1. The predicted molar refractivity (Wildman–Crippen MR) is 72.3 cm³/mol. The van der Waals surface area contributed by atoms with Crippen LogP contribution >= 0.6 is 0 Å². The molecule has 100 valence electrons. The van der Waals surface area contributed by atoms with E-state index in [1.807, 2.05) is 30.3 Å². The van der Waals surface area contributed by atoms with Crippen LogP contribution in [0.4, 0.5) is 0 Å². The van der Waals surface area contributed by atoms with Gasteiger partial charge in [0.2, 0.25) is 5.88 Å². The largest absolute Gasteiger partial charge is 0.496 e. The maximum atomic E-state index is 5.59. The van der Waals surface area contributed by atoms with Crippen LogP contribution in [0.15, 0.2) is 30.3 Å². The first-order valence-corrected chi connectivity index (χ1v) is 5.99. The third-order valence-corrected chi connectivity index (χ3v) is 2.76. The molecular weight excluding hydrogens is 242 g/mol. The maximum Gasteiger partial charge on any atom is 0.216 e. The van der Waals surface area contributed by atoms with Crippen LogP contribution in [0, 0.1) is 0 Å². The molecule has 0 aliphatic heterocycles. The van der Waals surface area contributed by atoms with Gasteiger partial charge < -0.3 is 15.2 Å². The zero-order valence-corrected chi connectivity index (χ0v) is 11.1. The van der Waals surface area contributed by atoms with Crippen molar-refractivity contribution in [2.45, 2.75) is 13.0 Å². The van der Waals surface area contributed by atoms with E-state index in [2.05, 4.69) is 9.97 Å². The van der Waals surface area contributed by atoms with Gasteiger partial charge in [-0.25, -0.2) is 4.98 Å². The Bertz CT molecular complexity index is 536. The zero-order valence-electron chi connectivity index (χ0n) is 11.1. The number of nitrogens with zero attached hydrogens (tertiary/aromatic N) is 2. The van der Waals surface area contributed by atoms with E-state index in [1.165, 1.54) is 0 Å². The minimum Gasteiger partial charge on any atom is -0.496 e. The molecule has 0 amide bonds. The molecule has 5 heteroatoms. The smallest absolute Gasteiger partial charge is 0.216 e. The predicted octanol–water partition coefficient (Wildman–Crippen LogP) is 1.54. The third kappa shape index (κ3) is 3.20. The van der Waals surface area contributed by atoms with Gasteiger partial charge in [0, 0.05) is 18.1 Å². The number of hydrogen-bond donors (Lipinski definition) is 1. The Morgan fingerprint density at radius 1 is 1.11 bits per heavy atom. The minimum absolute atomic E-state index is 0.288. The van der Waals surface area contributed by atoms with Crippen molar-refractivity contribution in [2.75, 3.05) is 14.2 Å². The molecule has 2 N–H and O–H groups in total. The summed E-state index contributed by atoms with van der Waals surface area (Å²) in [5.41, 5.74) is 7.51. The molecule has 0 aliphatic carbocycles. The normalized spacial score (nSPS) is 10.3. The number of aromatic nitrogens is 2. The molecule has 2 aromatic rings. The van der Waals surface area contributed by atoms with Crippen LogP contribution in [0.1, 0.15) is 17.1 Å². The lowest BCUT2D eigenvalue weighted by atomic mass is 10.1. The first kappa shape index (κ1) is 13.3. The van der Waals surface area contributed by atoms with Crippen molar-refractivity contribution >= 4 is 0 Å². The zero-order chi connectivity index (χ0) is 13.7. The number of rotatable bonds is 5. The number of hydrogen-bond acceptors (Lipinski definition) is 5. The Hall–Kier alpha value is -2.14. The highest BCUT2D eigenvalue weighted by molar-refractivity contribution is 5.36. The summed E-state index contributed by atoms with van der Waals surface area (Å²) in [6.07, 6.45) is 0.649. The Balaban J connectivity index is 2.32. The highest BCUT2D eigenvalue weighted by Crippen LogP contribution is 2.21. The van der Waals surface area contributed by atoms with Crippen LogP contribution < -0.4 is 15.2 Å². The van der Waals surface area contributed by atoms with Gasteiger partial charge in [-0.15, -0.1) is 0 Å². The lowest BCUT2D eigenvalue weighted by molar-refractivity contribution is 0.393. The minimum atomic E-state index is 0.288. The summed E-state index contributed by atoms with van der Waals surface area (Å²) in [4.78, 5) is 8.56. The molecule has 0 aliphatic rings. The van der Waals surface area contributed by atoms with E-state index in [0.717, 1.165) is 17.0 Å². The highest BCUT2D eigenvalue weighted by Gasteiger charge is 2.08. The maximum absolute atomic E-state index is 5.59. The van der Waals surface area contributed by atoms with Gasteiger partial charge in [-0.05, 0) is 6.07 Å². The van der Waals surface area contributed by atoms with Crippen LogP contribution in [0.2, 0.25) is 0 Å². The van der Waals surface area contributed by atoms with Crippen LogP contribution in [0.3, 0.4) is 0 Å². The van der Waals surface area contributed by atoms with Crippen molar-refractivity contribution in [2.24, 2.45) is 5.73 Å². The first-order valence-electron chi connectivity index (χ1n) is 5.99. The lowest BCUT2D eigenvalue weighted by Gasteiger charge is -2.09. The van der Waals surface area contributed by atoms with Gasteiger partial charge in [0.15, 0.2) is 0 Å². The molecule has 0 spiro atoms. The standard InChI is InChI=1S/C14H17N3O2/c1-18-12-6-4-3-5-10(12)7-11-8-14(19-2)17-13(9-15)16-11/h3-6,8H,7,9,15H2,1-2H3. The number of para-hydroxylation sites is 1. The van der Waals surface area contributed by atoms with Gasteiger partial charge in [-0.1, -0.05) is 18.2 Å². The summed E-state index contributed by atoms with van der Waals surface area (Å²) < 4.78 is 10.5. The van der Waals surface area contributed by atoms with Gasteiger partial charge in [0.25, 0.3) is 0 Å². The number of ether oxygens (including phenoxy) is 2. The van der Waals surface area contributed by atoms with E-state index in [9.17, 15) is 0 Å². The molecule has 0 atom stereocenters. The molecule has 0 saturated carbocycles. The van der Waals surface area contributed by atoms with Crippen molar-refractivity contribution in [1.82, 2.24) is 9.97 Å². The first-order chi connectivity index (χ1) is 9.26.